The minimum absolute atomic E-state index is 0.0116. The van der Waals surface area contributed by atoms with Gasteiger partial charge in [-0.2, -0.15) is 0 Å². The SMILES string of the molecule is CCc1cc(C(=O)N2CCC3(CC2)CN(C(=O)c2ccnc(SC)c2)C3)cc(Cl)n1. The number of aromatic nitrogens is 2. The maximum absolute atomic E-state index is 12.9. The molecule has 0 aromatic carbocycles. The van der Waals surface area contributed by atoms with E-state index in [1.807, 2.05) is 35.1 Å². The van der Waals surface area contributed by atoms with Crippen LogP contribution in [0.5, 0.6) is 0 Å². The summed E-state index contributed by atoms with van der Waals surface area (Å²) < 4.78 is 0. The Morgan fingerprint density at radius 3 is 2.47 bits per heavy atom. The number of likely N-dealkylation sites (tertiary alicyclic amines) is 2. The molecule has 30 heavy (non-hydrogen) atoms. The average Bonchev–Trinajstić information content (AvgIpc) is 2.76. The van der Waals surface area contributed by atoms with Crippen molar-refractivity contribution in [3.63, 3.8) is 0 Å². The Morgan fingerprint density at radius 1 is 1.10 bits per heavy atom. The summed E-state index contributed by atoms with van der Waals surface area (Å²) >= 11 is 7.61. The Labute approximate surface area is 186 Å². The van der Waals surface area contributed by atoms with E-state index in [9.17, 15) is 9.59 Å². The van der Waals surface area contributed by atoms with Crippen LogP contribution >= 0.6 is 23.4 Å². The highest BCUT2D eigenvalue weighted by Gasteiger charge is 2.47. The van der Waals surface area contributed by atoms with Crippen molar-refractivity contribution in [1.82, 2.24) is 19.8 Å². The van der Waals surface area contributed by atoms with Crippen LogP contribution in [0.1, 0.15) is 46.2 Å². The lowest BCUT2D eigenvalue weighted by atomic mass is 9.71. The molecule has 2 amide bonds. The summed E-state index contributed by atoms with van der Waals surface area (Å²) in [6, 6.07) is 7.11. The normalized spacial score (nSPS) is 17.7. The van der Waals surface area contributed by atoms with E-state index in [0.29, 0.717) is 29.4 Å². The van der Waals surface area contributed by atoms with Crippen molar-refractivity contribution in [3.05, 3.63) is 52.4 Å². The summed E-state index contributed by atoms with van der Waals surface area (Å²) in [4.78, 5) is 38.0. The lowest BCUT2D eigenvalue weighted by Gasteiger charge is -2.54. The number of nitrogens with zero attached hydrogens (tertiary/aromatic N) is 4. The van der Waals surface area contributed by atoms with E-state index >= 15 is 0 Å². The lowest BCUT2D eigenvalue weighted by molar-refractivity contribution is -0.0288. The minimum Gasteiger partial charge on any atom is -0.339 e. The van der Waals surface area contributed by atoms with E-state index in [4.69, 9.17) is 11.6 Å². The third-order valence-electron chi connectivity index (χ3n) is 6.10. The largest absolute Gasteiger partial charge is 0.339 e. The molecule has 8 heteroatoms. The van der Waals surface area contributed by atoms with Crippen molar-refractivity contribution in [2.45, 2.75) is 31.2 Å². The number of thioether (sulfide) groups is 1. The van der Waals surface area contributed by atoms with Crippen molar-refractivity contribution >= 4 is 35.2 Å². The number of rotatable bonds is 4. The minimum atomic E-state index is 0.0116. The van der Waals surface area contributed by atoms with Crippen LogP contribution in [0.2, 0.25) is 5.15 Å². The fourth-order valence-electron chi connectivity index (χ4n) is 4.28. The van der Waals surface area contributed by atoms with E-state index in [2.05, 4.69) is 9.97 Å². The van der Waals surface area contributed by atoms with Crippen LogP contribution in [-0.4, -0.2) is 64.0 Å². The van der Waals surface area contributed by atoms with Gasteiger partial charge in [0, 0.05) is 54.6 Å². The number of carbonyl (C=O) groups is 2. The van der Waals surface area contributed by atoms with Gasteiger partial charge in [0.1, 0.15) is 5.15 Å². The molecule has 0 N–H and O–H groups in total. The molecule has 0 atom stereocenters. The number of hydrogen-bond acceptors (Lipinski definition) is 5. The Kier molecular flexibility index (Phi) is 6.02. The average molecular weight is 445 g/mol. The molecule has 4 rings (SSSR count). The predicted molar refractivity (Wildman–Crippen MR) is 118 cm³/mol. The van der Waals surface area contributed by atoms with Crippen LogP contribution in [0, 0.1) is 5.41 Å². The molecule has 6 nitrogen and oxygen atoms in total. The quantitative estimate of drug-likeness (QED) is 0.530. The first-order chi connectivity index (χ1) is 14.4. The van der Waals surface area contributed by atoms with Gasteiger partial charge in [-0.05, 0) is 49.8 Å². The standard InChI is InChI=1S/C22H25ClN4O2S/c1-3-17-10-16(11-18(23)25-17)21(29)26-8-5-22(6-9-26)13-27(14-22)20(28)15-4-7-24-19(12-15)30-2/h4,7,10-12H,3,5-6,8-9,13-14H2,1-2H3. The van der Waals surface area contributed by atoms with Gasteiger partial charge >= 0.3 is 0 Å². The van der Waals surface area contributed by atoms with Crippen LogP contribution in [0.15, 0.2) is 35.5 Å². The van der Waals surface area contributed by atoms with Crippen molar-refractivity contribution < 1.29 is 9.59 Å². The summed E-state index contributed by atoms with van der Waals surface area (Å²) in [7, 11) is 0. The maximum atomic E-state index is 12.9. The van der Waals surface area contributed by atoms with Crippen LogP contribution < -0.4 is 0 Å². The van der Waals surface area contributed by atoms with Crippen LogP contribution in [0.4, 0.5) is 0 Å². The Bertz CT molecular complexity index is 967. The van der Waals surface area contributed by atoms with Crippen LogP contribution in [-0.2, 0) is 6.42 Å². The van der Waals surface area contributed by atoms with Crippen molar-refractivity contribution in [1.29, 1.82) is 0 Å². The van der Waals surface area contributed by atoms with E-state index in [1.165, 1.54) is 11.8 Å². The molecule has 0 bridgehead atoms. The van der Waals surface area contributed by atoms with Crippen molar-refractivity contribution in [3.8, 4) is 0 Å². The number of carbonyl (C=O) groups excluding carboxylic acids is 2. The first-order valence-corrected chi connectivity index (χ1v) is 11.8. The monoisotopic (exact) mass is 444 g/mol. The summed E-state index contributed by atoms with van der Waals surface area (Å²) in [6.07, 6.45) is 6.20. The molecule has 2 aliphatic rings. The fraction of sp³-hybridized carbons (Fsp3) is 0.455. The lowest BCUT2D eigenvalue weighted by Crippen LogP contribution is -2.62. The summed E-state index contributed by atoms with van der Waals surface area (Å²) in [5.41, 5.74) is 2.26. The second-order valence-corrected chi connectivity index (χ2v) is 9.28. The van der Waals surface area contributed by atoms with Gasteiger partial charge in [0.15, 0.2) is 0 Å². The molecule has 158 valence electrons. The Balaban J connectivity index is 1.35. The molecule has 0 radical (unpaired) electrons. The first-order valence-electron chi connectivity index (χ1n) is 10.2. The van der Waals surface area contributed by atoms with Crippen molar-refractivity contribution in [2.75, 3.05) is 32.4 Å². The highest BCUT2D eigenvalue weighted by atomic mass is 35.5. The highest BCUT2D eigenvalue weighted by molar-refractivity contribution is 7.98. The highest BCUT2D eigenvalue weighted by Crippen LogP contribution is 2.41. The molecular formula is C22H25ClN4O2S. The van der Waals surface area contributed by atoms with Crippen molar-refractivity contribution in [2.24, 2.45) is 5.41 Å². The molecule has 0 aliphatic carbocycles. The van der Waals surface area contributed by atoms with Gasteiger partial charge in [0.2, 0.25) is 0 Å². The number of amides is 2. The topological polar surface area (TPSA) is 66.4 Å². The number of halogens is 1. The molecule has 1 spiro atoms. The summed E-state index contributed by atoms with van der Waals surface area (Å²) in [6.45, 7) is 4.91. The number of piperidine rings is 1. The molecule has 0 saturated carbocycles. The predicted octanol–water partition coefficient (Wildman–Crippen LogP) is 3.79. The molecule has 4 heterocycles. The fourth-order valence-corrected chi connectivity index (χ4v) is 4.92. The van der Waals surface area contributed by atoms with Gasteiger partial charge < -0.3 is 9.80 Å². The Morgan fingerprint density at radius 2 is 1.80 bits per heavy atom. The molecule has 2 saturated heterocycles. The van der Waals surface area contributed by atoms with Gasteiger partial charge in [0.25, 0.3) is 11.8 Å². The third-order valence-corrected chi connectivity index (χ3v) is 6.93. The van der Waals surface area contributed by atoms with Gasteiger partial charge in [0.05, 0.1) is 5.03 Å². The number of pyridine rings is 2. The Hall–Kier alpha value is -2.12. The maximum Gasteiger partial charge on any atom is 0.254 e. The number of hydrogen-bond donors (Lipinski definition) is 0. The van der Waals surface area contributed by atoms with E-state index in [-0.39, 0.29) is 17.2 Å². The summed E-state index contributed by atoms with van der Waals surface area (Å²) in [5.74, 6) is 0.0767. The zero-order valence-corrected chi connectivity index (χ0v) is 18.8. The molecule has 2 aromatic heterocycles. The smallest absolute Gasteiger partial charge is 0.254 e. The molecule has 2 aliphatic heterocycles. The molecule has 0 unspecified atom stereocenters. The zero-order valence-electron chi connectivity index (χ0n) is 17.2. The second-order valence-electron chi connectivity index (χ2n) is 8.06. The van der Waals surface area contributed by atoms with E-state index in [0.717, 1.165) is 43.1 Å². The van der Waals surface area contributed by atoms with Crippen LogP contribution in [0.3, 0.4) is 0 Å². The molecular weight excluding hydrogens is 420 g/mol. The van der Waals surface area contributed by atoms with Crippen LogP contribution in [0.25, 0.3) is 0 Å². The van der Waals surface area contributed by atoms with Gasteiger partial charge in [-0.15, -0.1) is 11.8 Å². The second kappa shape index (κ2) is 8.55. The van der Waals surface area contributed by atoms with Gasteiger partial charge in [-0.1, -0.05) is 18.5 Å². The van der Waals surface area contributed by atoms with Gasteiger partial charge in [-0.3, -0.25) is 9.59 Å². The first kappa shape index (κ1) is 21.1. The molecule has 2 fully saturated rings. The van der Waals surface area contributed by atoms with Gasteiger partial charge in [-0.25, -0.2) is 9.97 Å². The van der Waals surface area contributed by atoms with E-state index in [1.54, 1.807) is 18.3 Å². The molecule has 2 aromatic rings. The number of aryl methyl sites for hydroxylation is 1. The zero-order chi connectivity index (χ0) is 21.3. The third kappa shape index (κ3) is 4.18. The summed E-state index contributed by atoms with van der Waals surface area (Å²) in [5, 5.41) is 1.21. The van der Waals surface area contributed by atoms with E-state index < -0.39 is 0 Å².